The van der Waals surface area contributed by atoms with Gasteiger partial charge < -0.3 is 9.67 Å². The maximum absolute atomic E-state index is 12.5. The van der Waals surface area contributed by atoms with Crippen molar-refractivity contribution in [1.82, 2.24) is 9.99 Å². The van der Waals surface area contributed by atoms with E-state index in [9.17, 15) is 9.90 Å². The van der Waals surface area contributed by atoms with Crippen molar-refractivity contribution in [3.05, 3.63) is 69.9 Å². The van der Waals surface area contributed by atoms with E-state index in [0.29, 0.717) is 19.3 Å². The highest BCUT2D eigenvalue weighted by molar-refractivity contribution is 5.99. The first-order chi connectivity index (χ1) is 16.3. The molecule has 1 heterocycles. The summed E-state index contributed by atoms with van der Waals surface area (Å²) in [6.07, 6.45) is 4.54. The smallest absolute Gasteiger partial charge is 0.243 e. The predicted molar refractivity (Wildman–Crippen MR) is 135 cm³/mol. The number of hydrogen-bond donors (Lipinski definition) is 2. The molecule has 1 amide bonds. The second-order valence-corrected chi connectivity index (χ2v) is 9.51. The first-order valence-electron chi connectivity index (χ1n) is 11.8. The molecule has 0 bridgehead atoms. The third-order valence-electron chi connectivity index (χ3n) is 7.43. The average molecular weight is 457 g/mol. The first kappa shape index (κ1) is 23.7. The fourth-order valence-corrected chi connectivity index (χ4v) is 4.99. The summed E-state index contributed by atoms with van der Waals surface area (Å²) in [5.41, 5.74) is 11.3. The summed E-state index contributed by atoms with van der Waals surface area (Å²) in [6.45, 7) is 9.51. The third-order valence-corrected chi connectivity index (χ3v) is 7.43. The van der Waals surface area contributed by atoms with Crippen LogP contribution in [0.25, 0.3) is 10.9 Å². The van der Waals surface area contributed by atoms with Gasteiger partial charge in [-0.1, -0.05) is 18.2 Å². The minimum absolute atomic E-state index is 0.200. The SMILES string of the molecule is Cc1cc(C)c(C)c(Cn2ccc3c(/C=N/NC(=O)C4CCC(O)C(C#N)C4)cccc32)c1C. The number of nitrogens with zero attached hydrogens (tertiary/aromatic N) is 3. The lowest BCUT2D eigenvalue weighted by atomic mass is 9.80. The Morgan fingerprint density at radius 2 is 1.94 bits per heavy atom. The van der Waals surface area contributed by atoms with E-state index in [0.717, 1.165) is 23.0 Å². The Morgan fingerprint density at radius 1 is 1.21 bits per heavy atom. The van der Waals surface area contributed by atoms with Gasteiger partial charge in [-0.3, -0.25) is 4.79 Å². The third kappa shape index (κ3) is 4.62. The molecule has 6 heteroatoms. The Morgan fingerprint density at radius 3 is 2.65 bits per heavy atom. The largest absolute Gasteiger partial charge is 0.392 e. The number of aryl methyl sites for hydroxylation is 2. The number of carbonyl (C=O) groups excluding carboxylic acids is 1. The number of nitrogens with one attached hydrogen (secondary N) is 1. The fraction of sp³-hybridized carbons (Fsp3) is 0.393. The zero-order chi connectivity index (χ0) is 24.4. The maximum Gasteiger partial charge on any atom is 0.243 e. The van der Waals surface area contributed by atoms with Crippen LogP contribution in [0.4, 0.5) is 0 Å². The molecule has 1 aliphatic rings. The molecule has 0 radical (unpaired) electrons. The van der Waals surface area contributed by atoms with Crippen LogP contribution >= 0.6 is 0 Å². The number of fused-ring (bicyclic) bond motifs is 1. The molecule has 3 atom stereocenters. The van der Waals surface area contributed by atoms with Crippen molar-refractivity contribution in [3.63, 3.8) is 0 Å². The molecule has 4 rings (SSSR count). The lowest BCUT2D eigenvalue weighted by molar-refractivity contribution is -0.127. The summed E-state index contributed by atoms with van der Waals surface area (Å²) in [7, 11) is 0. The van der Waals surface area contributed by atoms with Gasteiger partial charge in [0, 0.05) is 35.1 Å². The Labute approximate surface area is 200 Å². The van der Waals surface area contributed by atoms with Crippen LogP contribution in [0.1, 0.15) is 52.6 Å². The number of aromatic nitrogens is 1. The van der Waals surface area contributed by atoms with Gasteiger partial charge in [0.15, 0.2) is 0 Å². The molecular weight excluding hydrogens is 424 g/mol. The molecular formula is C28H32N4O2. The average Bonchev–Trinajstić information content (AvgIpc) is 3.24. The van der Waals surface area contributed by atoms with E-state index in [1.807, 2.05) is 12.1 Å². The van der Waals surface area contributed by atoms with Gasteiger partial charge in [0.1, 0.15) is 0 Å². The highest BCUT2D eigenvalue weighted by Crippen LogP contribution is 2.29. The van der Waals surface area contributed by atoms with Crippen LogP contribution in [0.15, 0.2) is 41.6 Å². The van der Waals surface area contributed by atoms with E-state index >= 15 is 0 Å². The van der Waals surface area contributed by atoms with Crippen molar-refractivity contribution >= 4 is 23.0 Å². The highest BCUT2D eigenvalue weighted by Gasteiger charge is 2.32. The van der Waals surface area contributed by atoms with E-state index in [-0.39, 0.29) is 11.8 Å². The molecule has 1 fully saturated rings. The lowest BCUT2D eigenvalue weighted by Crippen LogP contribution is -2.36. The number of amides is 1. The second kappa shape index (κ2) is 9.82. The van der Waals surface area contributed by atoms with E-state index in [1.165, 1.54) is 27.8 Å². The molecule has 34 heavy (non-hydrogen) atoms. The molecule has 3 aromatic rings. The van der Waals surface area contributed by atoms with E-state index < -0.39 is 12.0 Å². The van der Waals surface area contributed by atoms with Gasteiger partial charge in [-0.2, -0.15) is 10.4 Å². The molecule has 6 nitrogen and oxygen atoms in total. The Balaban J connectivity index is 1.51. The van der Waals surface area contributed by atoms with Crippen LogP contribution in [0.2, 0.25) is 0 Å². The van der Waals surface area contributed by atoms with Crippen LogP contribution in [0.5, 0.6) is 0 Å². The molecule has 1 aromatic heterocycles. The van der Waals surface area contributed by atoms with E-state index in [2.05, 4.69) is 73.3 Å². The van der Waals surface area contributed by atoms with Gasteiger partial charge in [-0.15, -0.1) is 0 Å². The monoisotopic (exact) mass is 456 g/mol. The van der Waals surface area contributed by atoms with Crippen molar-refractivity contribution in [3.8, 4) is 6.07 Å². The van der Waals surface area contributed by atoms with Gasteiger partial charge in [-0.05, 0) is 86.9 Å². The maximum atomic E-state index is 12.5. The van der Waals surface area contributed by atoms with Crippen LogP contribution in [0, 0.1) is 50.9 Å². The minimum atomic E-state index is -0.643. The molecule has 0 spiro atoms. The normalized spacial score (nSPS) is 20.5. The predicted octanol–water partition coefficient (Wildman–Crippen LogP) is 4.67. The number of aliphatic hydroxyl groups excluding tert-OH is 1. The first-order valence-corrected chi connectivity index (χ1v) is 11.8. The standard InChI is InChI=1S/C28H32N4O2/c1-17-12-18(2)20(4)25(19(17)3)16-32-11-10-24-22(6-5-7-26(24)32)15-30-31-28(34)21-8-9-27(33)23(13-21)14-29/h5-7,10-12,15,21,23,27,33H,8-9,13,16H2,1-4H3,(H,31,34)/b30-15+. The van der Waals surface area contributed by atoms with Crippen molar-refractivity contribution in [1.29, 1.82) is 5.26 Å². The van der Waals surface area contributed by atoms with Crippen molar-refractivity contribution in [2.45, 2.75) is 59.6 Å². The van der Waals surface area contributed by atoms with E-state index in [4.69, 9.17) is 5.26 Å². The number of benzene rings is 2. The van der Waals surface area contributed by atoms with Crippen molar-refractivity contribution in [2.75, 3.05) is 0 Å². The summed E-state index contributed by atoms with van der Waals surface area (Å²) >= 11 is 0. The second-order valence-electron chi connectivity index (χ2n) is 9.51. The lowest BCUT2D eigenvalue weighted by Gasteiger charge is -2.27. The van der Waals surface area contributed by atoms with Crippen LogP contribution in [0.3, 0.4) is 0 Å². The number of hydrogen-bond acceptors (Lipinski definition) is 4. The van der Waals surface area contributed by atoms with Crippen LogP contribution in [-0.4, -0.2) is 27.9 Å². The number of hydrazone groups is 1. The quantitative estimate of drug-likeness (QED) is 0.432. The minimum Gasteiger partial charge on any atom is -0.392 e. The zero-order valence-electron chi connectivity index (χ0n) is 20.3. The molecule has 2 aromatic carbocycles. The highest BCUT2D eigenvalue weighted by atomic mass is 16.3. The molecule has 176 valence electrons. The zero-order valence-corrected chi connectivity index (χ0v) is 20.3. The summed E-state index contributed by atoms with van der Waals surface area (Å²) in [5, 5.41) is 24.3. The Hall–Kier alpha value is -3.43. The Bertz CT molecular complexity index is 1270. The van der Waals surface area contributed by atoms with Gasteiger partial charge in [-0.25, -0.2) is 5.43 Å². The summed E-state index contributed by atoms with van der Waals surface area (Å²) in [4.78, 5) is 12.5. The summed E-state index contributed by atoms with van der Waals surface area (Å²) in [5.74, 6) is -0.994. The number of carbonyl (C=O) groups is 1. The molecule has 1 saturated carbocycles. The molecule has 1 aliphatic carbocycles. The number of rotatable bonds is 5. The van der Waals surface area contributed by atoms with Gasteiger partial charge in [0.05, 0.1) is 24.3 Å². The van der Waals surface area contributed by atoms with Crippen LogP contribution in [-0.2, 0) is 11.3 Å². The van der Waals surface area contributed by atoms with Gasteiger partial charge in [0.25, 0.3) is 0 Å². The number of nitriles is 1. The summed E-state index contributed by atoms with van der Waals surface area (Å²) in [6, 6.07) is 12.5. The topological polar surface area (TPSA) is 90.4 Å². The van der Waals surface area contributed by atoms with Gasteiger partial charge in [0.2, 0.25) is 5.91 Å². The molecule has 2 N–H and O–H groups in total. The summed E-state index contributed by atoms with van der Waals surface area (Å²) < 4.78 is 2.26. The molecule has 0 aliphatic heterocycles. The van der Waals surface area contributed by atoms with Crippen molar-refractivity contribution < 1.29 is 9.90 Å². The fourth-order valence-electron chi connectivity index (χ4n) is 4.99. The number of aliphatic hydroxyl groups is 1. The molecule has 0 saturated heterocycles. The molecule has 3 unspecified atom stereocenters. The Kier molecular flexibility index (Phi) is 6.85. The van der Waals surface area contributed by atoms with Crippen LogP contribution < -0.4 is 5.43 Å². The van der Waals surface area contributed by atoms with E-state index in [1.54, 1.807) is 6.21 Å². The van der Waals surface area contributed by atoms with Crippen molar-refractivity contribution in [2.24, 2.45) is 16.9 Å². The van der Waals surface area contributed by atoms with Gasteiger partial charge >= 0.3 is 0 Å².